The summed E-state index contributed by atoms with van der Waals surface area (Å²) >= 11 is 0. The van der Waals surface area contributed by atoms with Crippen LogP contribution in [0.4, 0.5) is 17.1 Å². The van der Waals surface area contributed by atoms with Crippen molar-refractivity contribution in [3.05, 3.63) is 78.4 Å². The molecule has 1 heterocycles. The van der Waals surface area contributed by atoms with E-state index in [0.29, 0.717) is 0 Å². The quantitative estimate of drug-likeness (QED) is 0.791. The molecule has 2 aliphatic rings. The Morgan fingerprint density at radius 2 is 1.81 bits per heavy atom. The minimum Gasteiger partial charge on any atom is -0.397 e. The second-order valence-corrected chi connectivity index (χ2v) is 5.92. The smallest absolute Gasteiger partial charge is 0.0692 e. The first-order chi connectivity index (χ1) is 10.2. The van der Waals surface area contributed by atoms with Gasteiger partial charge in [0.1, 0.15) is 0 Å². The Kier molecular flexibility index (Phi) is 2.49. The zero-order valence-electron chi connectivity index (χ0n) is 12.0. The van der Waals surface area contributed by atoms with Gasteiger partial charge < -0.3 is 10.6 Å². The van der Waals surface area contributed by atoms with Crippen molar-refractivity contribution in [2.24, 2.45) is 0 Å². The molecule has 0 amide bonds. The Balaban J connectivity index is 2.00. The molecule has 4 rings (SSSR count). The molecule has 0 saturated heterocycles. The van der Waals surface area contributed by atoms with Crippen molar-refractivity contribution in [1.82, 2.24) is 0 Å². The van der Waals surface area contributed by atoms with Gasteiger partial charge >= 0.3 is 0 Å². The number of hydrogen-bond acceptors (Lipinski definition) is 2. The lowest BCUT2D eigenvalue weighted by molar-refractivity contribution is 0.551. The van der Waals surface area contributed by atoms with Crippen LogP contribution < -0.4 is 10.6 Å². The second kappa shape index (κ2) is 4.26. The monoisotopic (exact) mass is 274 g/mol. The number of hydrogen-bond donors (Lipinski definition) is 1. The normalized spacial score (nSPS) is 25.8. The molecule has 1 aliphatic heterocycles. The first-order valence-electron chi connectivity index (χ1n) is 7.31. The topological polar surface area (TPSA) is 29.3 Å². The number of anilines is 3. The van der Waals surface area contributed by atoms with Crippen LogP contribution in [0.2, 0.25) is 0 Å². The standard InChI is InChI=1S/C19H18N2/c1-19-13-6-5-12-17(19)21(14-8-3-2-4-9-14)18-15(19)10-7-11-16(18)20/h2-13,17H,20H2,1H3/t17?,19-/m1/s1. The maximum atomic E-state index is 6.32. The molecule has 1 aliphatic carbocycles. The Morgan fingerprint density at radius 1 is 1.00 bits per heavy atom. The van der Waals surface area contributed by atoms with Crippen LogP contribution >= 0.6 is 0 Å². The van der Waals surface area contributed by atoms with E-state index in [1.54, 1.807) is 0 Å². The number of benzene rings is 2. The Hall–Kier alpha value is -2.48. The van der Waals surface area contributed by atoms with Gasteiger partial charge in [-0.25, -0.2) is 0 Å². The lowest BCUT2D eigenvalue weighted by Crippen LogP contribution is -2.39. The SMILES string of the molecule is C[C@]12C=CC=CC1N(c1ccccc1)c1c(N)cccc12. The third kappa shape index (κ3) is 1.59. The van der Waals surface area contributed by atoms with Gasteiger partial charge in [0.2, 0.25) is 0 Å². The van der Waals surface area contributed by atoms with Gasteiger partial charge in [-0.1, -0.05) is 54.6 Å². The Labute approximate surface area is 125 Å². The summed E-state index contributed by atoms with van der Waals surface area (Å²) in [6, 6.07) is 17.0. The van der Waals surface area contributed by atoms with Gasteiger partial charge in [0.15, 0.2) is 0 Å². The van der Waals surface area contributed by atoms with Crippen molar-refractivity contribution in [3.63, 3.8) is 0 Å². The van der Waals surface area contributed by atoms with Crippen LogP contribution in [0.5, 0.6) is 0 Å². The summed E-state index contributed by atoms with van der Waals surface area (Å²) in [6.45, 7) is 2.29. The van der Waals surface area contributed by atoms with Gasteiger partial charge in [-0.05, 0) is 30.7 Å². The van der Waals surface area contributed by atoms with E-state index in [1.807, 2.05) is 12.1 Å². The van der Waals surface area contributed by atoms with E-state index in [0.717, 1.165) is 11.4 Å². The van der Waals surface area contributed by atoms with Gasteiger partial charge in [0.05, 0.1) is 17.4 Å². The van der Waals surface area contributed by atoms with Gasteiger partial charge in [-0.3, -0.25) is 0 Å². The number of rotatable bonds is 1. The van der Waals surface area contributed by atoms with E-state index in [-0.39, 0.29) is 11.5 Å². The molecule has 2 nitrogen and oxygen atoms in total. The highest BCUT2D eigenvalue weighted by Crippen LogP contribution is 2.53. The summed E-state index contributed by atoms with van der Waals surface area (Å²) in [5, 5.41) is 0. The predicted molar refractivity (Wildman–Crippen MR) is 88.9 cm³/mol. The zero-order chi connectivity index (χ0) is 14.4. The van der Waals surface area contributed by atoms with Crippen molar-refractivity contribution in [2.45, 2.75) is 18.4 Å². The van der Waals surface area contributed by atoms with Gasteiger partial charge in [-0.15, -0.1) is 0 Å². The third-order valence-electron chi connectivity index (χ3n) is 4.66. The minimum atomic E-state index is -0.0324. The summed E-state index contributed by atoms with van der Waals surface area (Å²) in [5.74, 6) is 0. The molecule has 0 radical (unpaired) electrons. The fourth-order valence-corrected chi connectivity index (χ4v) is 3.61. The highest BCUT2D eigenvalue weighted by Gasteiger charge is 2.47. The van der Waals surface area contributed by atoms with Gasteiger partial charge in [0, 0.05) is 11.1 Å². The average molecular weight is 274 g/mol. The molecule has 2 aromatic carbocycles. The molecule has 1 unspecified atom stereocenters. The molecule has 2 N–H and O–H groups in total. The summed E-state index contributed by atoms with van der Waals surface area (Å²) in [5.41, 5.74) is 10.8. The van der Waals surface area contributed by atoms with Crippen LogP contribution in [0.1, 0.15) is 12.5 Å². The van der Waals surface area contributed by atoms with Crippen LogP contribution in [0.3, 0.4) is 0 Å². The predicted octanol–water partition coefficient (Wildman–Crippen LogP) is 4.17. The maximum Gasteiger partial charge on any atom is 0.0692 e. The number of nitrogens with two attached hydrogens (primary N) is 1. The van der Waals surface area contributed by atoms with Crippen LogP contribution in [0, 0.1) is 0 Å². The molecule has 2 aromatic rings. The highest BCUT2D eigenvalue weighted by atomic mass is 15.2. The lowest BCUT2D eigenvalue weighted by Gasteiger charge is -2.34. The molecule has 0 aromatic heterocycles. The first kappa shape index (κ1) is 12.3. The number of fused-ring (bicyclic) bond motifs is 3. The van der Waals surface area contributed by atoms with E-state index in [2.05, 4.69) is 72.5 Å². The van der Waals surface area contributed by atoms with Crippen molar-refractivity contribution >= 4 is 17.1 Å². The molecule has 0 saturated carbocycles. The third-order valence-corrected chi connectivity index (χ3v) is 4.66. The Bertz CT molecular complexity index is 745. The molecule has 0 spiro atoms. The minimum absolute atomic E-state index is 0.0324. The van der Waals surface area contributed by atoms with Gasteiger partial charge in [-0.2, -0.15) is 0 Å². The zero-order valence-corrected chi connectivity index (χ0v) is 12.0. The van der Waals surface area contributed by atoms with Crippen molar-refractivity contribution in [3.8, 4) is 0 Å². The number of para-hydroxylation sites is 2. The van der Waals surface area contributed by atoms with Gasteiger partial charge in [0.25, 0.3) is 0 Å². The summed E-state index contributed by atoms with van der Waals surface area (Å²) in [7, 11) is 0. The molecule has 0 bridgehead atoms. The van der Waals surface area contributed by atoms with E-state index in [1.165, 1.54) is 11.3 Å². The number of nitrogens with zero attached hydrogens (tertiary/aromatic N) is 1. The van der Waals surface area contributed by atoms with Crippen molar-refractivity contribution in [2.75, 3.05) is 10.6 Å². The fourth-order valence-electron chi connectivity index (χ4n) is 3.61. The largest absolute Gasteiger partial charge is 0.397 e. The van der Waals surface area contributed by atoms with Crippen LogP contribution in [0.15, 0.2) is 72.8 Å². The van der Waals surface area contributed by atoms with Crippen LogP contribution in [-0.2, 0) is 5.41 Å². The molecular weight excluding hydrogens is 256 g/mol. The van der Waals surface area contributed by atoms with E-state index >= 15 is 0 Å². The first-order valence-corrected chi connectivity index (χ1v) is 7.31. The van der Waals surface area contributed by atoms with Crippen LogP contribution in [0.25, 0.3) is 0 Å². The molecule has 2 heteroatoms. The average Bonchev–Trinajstić information content (AvgIpc) is 2.79. The van der Waals surface area contributed by atoms with E-state index < -0.39 is 0 Å². The molecule has 21 heavy (non-hydrogen) atoms. The molecule has 0 fully saturated rings. The van der Waals surface area contributed by atoms with Crippen molar-refractivity contribution in [1.29, 1.82) is 0 Å². The number of nitrogen functional groups attached to an aromatic ring is 1. The van der Waals surface area contributed by atoms with Crippen molar-refractivity contribution < 1.29 is 0 Å². The lowest BCUT2D eigenvalue weighted by atomic mass is 9.76. The highest BCUT2D eigenvalue weighted by molar-refractivity contribution is 5.85. The van der Waals surface area contributed by atoms with E-state index in [9.17, 15) is 0 Å². The molecule has 104 valence electrons. The second-order valence-electron chi connectivity index (χ2n) is 5.92. The summed E-state index contributed by atoms with van der Waals surface area (Å²) in [4.78, 5) is 2.37. The van der Waals surface area contributed by atoms with Crippen LogP contribution in [-0.4, -0.2) is 6.04 Å². The Morgan fingerprint density at radius 3 is 2.62 bits per heavy atom. The van der Waals surface area contributed by atoms with E-state index in [4.69, 9.17) is 5.73 Å². The fraction of sp³-hybridized carbons (Fsp3) is 0.158. The summed E-state index contributed by atoms with van der Waals surface area (Å²) < 4.78 is 0. The maximum absolute atomic E-state index is 6.32. The summed E-state index contributed by atoms with van der Waals surface area (Å²) in [6.07, 6.45) is 8.83. The molecular formula is C19H18N2. The number of allylic oxidation sites excluding steroid dienone is 2. The molecule has 2 atom stereocenters.